The third-order valence-corrected chi connectivity index (χ3v) is 16.1. The van der Waals surface area contributed by atoms with Gasteiger partial charge in [-0.05, 0) is 44.9 Å². The van der Waals surface area contributed by atoms with Crippen LogP contribution in [0.3, 0.4) is 0 Å². The molecule has 0 aromatic carbocycles. The molecule has 0 heterocycles. The molecule has 0 aliphatic heterocycles. The predicted octanol–water partition coefficient (Wildman–Crippen LogP) is 21.4. The summed E-state index contributed by atoms with van der Waals surface area (Å²) in [5.41, 5.74) is 5.40. The topological polar surface area (TPSA) is 134 Å². The summed E-state index contributed by atoms with van der Waals surface area (Å²) in [6.45, 7) is 3.81. The molecule has 0 saturated heterocycles. The third kappa shape index (κ3) is 61.7. The number of carbonyl (C=O) groups excluding carboxylic acids is 2. The van der Waals surface area contributed by atoms with Gasteiger partial charge in [-0.25, -0.2) is 4.57 Å². The van der Waals surface area contributed by atoms with E-state index in [0.717, 1.165) is 38.5 Å². The van der Waals surface area contributed by atoms with E-state index >= 15 is 0 Å². The van der Waals surface area contributed by atoms with Crippen LogP contribution >= 0.6 is 7.82 Å². The van der Waals surface area contributed by atoms with E-state index < -0.39 is 26.5 Å². The maximum atomic E-state index is 12.7. The molecule has 0 fully saturated rings. The van der Waals surface area contributed by atoms with Gasteiger partial charge in [0.1, 0.15) is 6.61 Å². The fraction of sp³-hybridized carbons (Fsp3) is 0.909. The minimum absolute atomic E-state index is 0.0567. The molecule has 2 atom stereocenters. The average molecular weight is 1090 g/mol. The summed E-state index contributed by atoms with van der Waals surface area (Å²) in [6, 6.07) is 0. The van der Waals surface area contributed by atoms with Gasteiger partial charge in [0.2, 0.25) is 0 Å². The molecule has 0 rings (SSSR count). The molecule has 9 nitrogen and oxygen atoms in total. The Morgan fingerprint density at radius 3 is 1.00 bits per heavy atom. The van der Waals surface area contributed by atoms with Crippen molar-refractivity contribution < 1.29 is 37.6 Å². The van der Waals surface area contributed by atoms with Crippen molar-refractivity contribution >= 4 is 19.8 Å². The second kappa shape index (κ2) is 62.7. The lowest BCUT2D eigenvalue weighted by Gasteiger charge is -2.19. The number of carbonyl (C=O) groups is 2. The Balaban J connectivity index is 3.85. The van der Waals surface area contributed by atoms with E-state index in [2.05, 4.69) is 38.2 Å². The van der Waals surface area contributed by atoms with Crippen LogP contribution in [0.25, 0.3) is 0 Å². The van der Waals surface area contributed by atoms with Gasteiger partial charge in [-0.15, -0.1) is 0 Å². The zero-order valence-electron chi connectivity index (χ0n) is 50.5. The number of allylic oxidation sites excluding steroid dienone is 4. The highest BCUT2D eigenvalue weighted by molar-refractivity contribution is 7.47. The monoisotopic (exact) mass is 1090 g/mol. The lowest BCUT2D eigenvalue weighted by Crippen LogP contribution is -2.29. The Hall–Kier alpha value is -1.51. The second-order valence-corrected chi connectivity index (χ2v) is 24.2. The van der Waals surface area contributed by atoms with E-state index in [-0.39, 0.29) is 38.6 Å². The van der Waals surface area contributed by atoms with Gasteiger partial charge in [0.05, 0.1) is 13.2 Å². The fourth-order valence-electron chi connectivity index (χ4n) is 10.1. The normalized spacial score (nSPS) is 13.1. The first-order chi connectivity index (χ1) is 37.3. The Labute approximate surface area is 472 Å². The molecule has 0 aromatic rings. The number of esters is 2. The Kier molecular flexibility index (Phi) is 61.4. The first-order valence-electron chi connectivity index (χ1n) is 33.3. The van der Waals surface area contributed by atoms with Crippen molar-refractivity contribution in [3.8, 4) is 0 Å². The number of hydrogen-bond donors (Lipinski definition) is 2. The number of phosphoric acid groups is 1. The molecule has 0 aliphatic rings. The van der Waals surface area contributed by atoms with Crippen molar-refractivity contribution in [1.82, 2.24) is 0 Å². The van der Waals surface area contributed by atoms with Crippen LogP contribution in [0.1, 0.15) is 354 Å². The Morgan fingerprint density at radius 2 is 0.684 bits per heavy atom. The van der Waals surface area contributed by atoms with Gasteiger partial charge in [0.25, 0.3) is 0 Å². The highest BCUT2D eigenvalue weighted by Gasteiger charge is 2.26. The largest absolute Gasteiger partial charge is 0.472 e. The summed E-state index contributed by atoms with van der Waals surface area (Å²) in [6.07, 6.45) is 75.5. The molecule has 76 heavy (non-hydrogen) atoms. The number of unbranched alkanes of at least 4 members (excludes halogenated alkanes) is 47. The van der Waals surface area contributed by atoms with Crippen molar-refractivity contribution in [2.24, 2.45) is 5.73 Å². The van der Waals surface area contributed by atoms with Crippen molar-refractivity contribution in [2.45, 2.75) is 360 Å². The van der Waals surface area contributed by atoms with Crippen LogP contribution < -0.4 is 5.73 Å². The summed E-state index contributed by atoms with van der Waals surface area (Å²) in [5.74, 6) is -0.804. The molecule has 0 spiro atoms. The summed E-state index contributed by atoms with van der Waals surface area (Å²) in [4.78, 5) is 35.3. The summed E-state index contributed by atoms with van der Waals surface area (Å²) >= 11 is 0. The average Bonchev–Trinajstić information content (AvgIpc) is 3.41. The number of ether oxygens (including phenoxy) is 2. The van der Waals surface area contributed by atoms with Gasteiger partial charge in [-0.3, -0.25) is 18.6 Å². The minimum Gasteiger partial charge on any atom is -0.462 e. The van der Waals surface area contributed by atoms with Crippen LogP contribution in [0, 0.1) is 0 Å². The second-order valence-electron chi connectivity index (χ2n) is 22.7. The summed E-state index contributed by atoms with van der Waals surface area (Å²) in [7, 11) is -4.39. The van der Waals surface area contributed by atoms with Crippen LogP contribution in [0.2, 0.25) is 0 Å². The van der Waals surface area contributed by atoms with E-state index in [4.69, 9.17) is 24.3 Å². The molecule has 0 aromatic heterocycles. The molecule has 0 aliphatic carbocycles. The number of nitrogens with two attached hydrogens (primary N) is 1. The van der Waals surface area contributed by atoms with Crippen molar-refractivity contribution in [3.63, 3.8) is 0 Å². The lowest BCUT2D eigenvalue weighted by molar-refractivity contribution is -0.161. The van der Waals surface area contributed by atoms with E-state index in [1.54, 1.807) is 0 Å². The molecule has 0 radical (unpaired) electrons. The highest BCUT2D eigenvalue weighted by atomic mass is 31.2. The molecule has 10 heteroatoms. The standard InChI is InChI=1S/C66H128NO8P/c1-3-5-7-9-11-13-15-17-19-21-23-25-27-29-31-32-33-35-37-39-41-43-45-47-49-51-53-55-57-59-66(69)75-64(63-74-76(70,71)73-61-60-67)62-72-65(68)58-56-54-52-50-48-46-44-42-40-38-36-34-30-28-26-24-22-20-18-16-14-12-10-8-6-4-2/h15,17,21,23,64H,3-14,16,18-20,22,24-63,67H2,1-2H3,(H,70,71)/b17-15-,23-21-. The van der Waals surface area contributed by atoms with Gasteiger partial charge in [0, 0.05) is 19.4 Å². The van der Waals surface area contributed by atoms with Gasteiger partial charge in [0.15, 0.2) is 6.10 Å². The summed E-state index contributed by atoms with van der Waals surface area (Å²) in [5, 5.41) is 0. The molecule has 0 saturated carbocycles. The first-order valence-corrected chi connectivity index (χ1v) is 34.8. The number of phosphoric ester groups is 1. The maximum absolute atomic E-state index is 12.7. The first kappa shape index (κ1) is 74.5. The minimum atomic E-state index is -4.39. The van der Waals surface area contributed by atoms with Crippen LogP contribution in [-0.2, 0) is 32.7 Å². The zero-order valence-corrected chi connectivity index (χ0v) is 51.4. The SMILES string of the molecule is CCCCCCC/C=C\C/C=C\CCCCCCCCCCCCCCCCCCCC(=O)OC(COC(=O)CCCCCCCCCCCCCCCCCCCCCCCCCCCC)COP(=O)(O)OCCN. The fourth-order valence-corrected chi connectivity index (χ4v) is 10.9. The van der Waals surface area contributed by atoms with E-state index in [1.807, 2.05) is 0 Å². The van der Waals surface area contributed by atoms with E-state index in [0.29, 0.717) is 6.42 Å². The van der Waals surface area contributed by atoms with Gasteiger partial charge >= 0.3 is 19.8 Å². The van der Waals surface area contributed by atoms with E-state index in [9.17, 15) is 19.0 Å². The molecule has 450 valence electrons. The maximum Gasteiger partial charge on any atom is 0.472 e. The van der Waals surface area contributed by atoms with Gasteiger partial charge in [-0.1, -0.05) is 321 Å². The zero-order chi connectivity index (χ0) is 55.2. The molecular formula is C66H128NO8P. The molecule has 3 N–H and O–H groups in total. The van der Waals surface area contributed by atoms with Crippen LogP contribution in [0.15, 0.2) is 24.3 Å². The highest BCUT2D eigenvalue weighted by Crippen LogP contribution is 2.43. The molecule has 0 amide bonds. The van der Waals surface area contributed by atoms with Crippen LogP contribution in [0.5, 0.6) is 0 Å². The van der Waals surface area contributed by atoms with Gasteiger partial charge < -0.3 is 20.1 Å². The number of rotatable bonds is 64. The van der Waals surface area contributed by atoms with Crippen LogP contribution in [-0.4, -0.2) is 49.3 Å². The van der Waals surface area contributed by atoms with Gasteiger partial charge in [-0.2, -0.15) is 0 Å². The molecule has 0 bridgehead atoms. The smallest absolute Gasteiger partial charge is 0.462 e. The quantitative estimate of drug-likeness (QED) is 0.0264. The third-order valence-electron chi connectivity index (χ3n) is 15.1. The predicted molar refractivity (Wildman–Crippen MR) is 326 cm³/mol. The van der Waals surface area contributed by atoms with Crippen molar-refractivity contribution in [2.75, 3.05) is 26.4 Å². The Morgan fingerprint density at radius 1 is 0.395 bits per heavy atom. The molecule has 2 unspecified atom stereocenters. The molecular weight excluding hydrogens is 966 g/mol. The van der Waals surface area contributed by atoms with Crippen molar-refractivity contribution in [1.29, 1.82) is 0 Å². The number of hydrogen-bond acceptors (Lipinski definition) is 8. The van der Waals surface area contributed by atoms with Crippen molar-refractivity contribution in [3.05, 3.63) is 24.3 Å². The van der Waals surface area contributed by atoms with Crippen LogP contribution in [0.4, 0.5) is 0 Å². The Bertz CT molecular complexity index is 1290. The van der Waals surface area contributed by atoms with E-state index in [1.165, 1.54) is 283 Å². The lowest BCUT2D eigenvalue weighted by atomic mass is 10.0. The summed E-state index contributed by atoms with van der Waals surface area (Å²) < 4.78 is 33.2.